The zero-order valence-corrected chi connectivity index (χ0v) is 18.3. The second-order valence-corrected chi connectivity index (χ2v) is 9.02. The fourth-order valence-electron chi connectivity index (χ4n) is 3.76. The highest BCUT2D eigenvalue weighted by molar-refractivity contribution is 5.96. The SMILES string of the molecule is CCCCCCCc1cc(C(C)(C)C)cc2c1OC(C)=C(C(=O)CCC)C2. The van der Waals surface area contributed by atoms with Crippen LogP contribution in [0.4, 0.5) is 0 Å². The molecule has 27 heavy (non-hydrogen) atoms. The summed E-state index contributed by atoms with van der Waals surface area (Å²) < 4.78 is 6.25. The van der Waals surface area contributed by atoms with Crippen LogP contribution in [0.2, 0.25) is 0 Å². The highest BCUT2D eigenvalue weighted by Crippen LogP contribution is 2.38. The lowest BCUT2D eigenvalue weighted by Crippen LogP contribution is -2.19. The van der Waals surface area contributed by atoms with Gasteiger partial charge in [-0.25, -0.2) is 0 Å². The molecule has 1 heterocycles. The number of aryl methyl sites for hydroxylation is 1. The van der Waals surface area contributed by atoms with Gasteiger partial charge in [-0.15, -0.1) is 0 Å². The molecule has 1 aromatic carbocycles. The Kier molecular flexibility index (Phi) is 7.70. The summed E-state index contributed by atoms with van der Waals surface area (Å²) in [6, 6.07) is 4.60. The van der Waals surface area contributed by atoms with Gasteiger partial charge in [-0.1, -0.05) is 72.4 Å². The molecule has 0 spiro atoms. The van der Waals surface area contributed by atoms with Crippen LogP contribution < -0.4 is 4.74 Å². The Morgan fingerprint density at radius 1 is 1.04 bits per heavy atom. The van der Waals surface area contributed by atoms with E-state index in [1.807, 2.05) is 6.92 Å². The molecule has 0 aliphatic carbocycles. The molecule has 0 N–H and O–H groups in total. The molecule has 0 saturated carbocycles. The van der Waals surface area contributed by atoms with Gasteiger partial charge in [0.25, 0.3) is 0 Å². The molecule has 0 fully saturated rings. The lowest BCUT2D eigenvalue weighted by molar-refractivity contribution is -0.115. The molecular weight excluding hydrogens is 332 g/mol. The predicted molar refractivity (Wildman–Crippen MR) is 115 cm³/mol. The number of carbonyl (C=O) groups is 1. The number of ketones is 1. The molecule has 1 aliphatic heterocycles. The van der Waals surface area contributed by atoms with E-state index in [-0.39, 0.29) is 11.2 Å². The van der Waals surface area contributed by atoms with Crippen LogP contribution in [0.5, 0.6) is 5.75 Å². The van der Waals surface area contributed by atoms with Crippen LogP contribution >= 0.6 is 0 Å². The average Bonchev–Trinajstić information content (AvgIpc) is 2.60. The van der Waals surface area contributed by atoms with Crippen LogP contribution in [0, 0.1) is 0 Å². The first-order valence-corrected chi connectivity index (χ1v) is 10.8. The highest BCUT2D eigenvalue weighted by Gasteiger charge is 2.26. The lowest BCUT2D eigenvalue weighted by Gasteiger charge is -2.28. The number of hydrogen-bond donors (Lipinski definition) is 0. The molecule has 2 rings (SSSR count). The van der Waals surface area contributed by atoms with E-state index in [2.05, 4.69) is 46.8 Å². The zero-order valence-electron chi connectivity index (χ0n) is 18.3. The van der Waals surface area contributed by atoms with Crippen molar-refractivity contribution in [2.45, 2.75) is 105 Å². The van der Waals surface area contributed by atoms with Crippen LogP contribution in [-0.4, -0.2) is 5.78 Å². The number of hydrogen-bond acceptors (Lipinski definition) is 2. The number of carbonyl (C=O) groups excluding carboxylic acids is 1. The van der Waals surface area contributed by atoms with Crippen molar-refractivity contribution < 1.29 is 9.53 Å². The maximum absolute atomic E-state index is 12.5. The minimum atomic E-state index is 0.0930. The number of unbranched alkanes of at least 4 members (excludes halogenated alkanes) is 4. The molecule has 150 valence electrons. The van der Waals surface area contributed by atoms with Crippen molar-refractivity contribution in [3.8, 4) is 5.75 Å². The first kappa shape index (κ1) is 21.7. The molecule has 1 aromatic rings. The van der Waals surface area contributed by atoms with Crippen LogP contribution in [0.15, 0.2) is 23.5 Å². The first-order valence-electron chi connectivity index (χ1n) is 10.8. The fourth-order valence-corrected chi connectivity index (χ4v) is 3.76. The normalized spacial score (nSPS) is 14.1. The Labute approximate surface area is 166 Å². The molecule has 0 radical (unpaired) electrons. The molecule has 0 aromatic heterocycles. The van der Waals surface area contributed by atoms with Crippen LogP contribution in [0.3, 0.4) is 0 Å². The number of ether oxygens (including phenoxy) is 1. The second-order valence-electron chi connectivity index (χ2n) is 9.02. The monoisotopic (exact) mass is 370 g/mol. The topological polar surface area (TPSA) is 26.3 Å². The van der Waals surface area contributed by atoms with E-state index in [4.69, 9.17) is 4.74 Å². The van der Waals surface area contributed by atoms with E-state index in [0.29, 0.717) is 12.8 Å². The van der Waals surface area contributed by atoms with Gasteiger partial charge in [-0.3, -0.25) is 4.79 Å². The average molecular weight is 371 g/mol. The van der Waals surface area contributed by atoms with Crippen LogP contribution in [0.25, 0.3) is 0 Å². The van der Waals surface area contributed by atoms with Crippen molar-refractivity contribution in [3.05, 3.63) is 40.2 Å². The van der Waals surface area contributed by atoms with Gasteiger partial charge >= 0.3 is 0 Å². The van der Waals surface area contributed by atoms with E-state index < -0.39 is 0 Å². The largest absolute Gasteiger partial charge is 0.461 e. The van der Waals surface area contributed by atoms with Crippen molar-refractivity contribution in [3.63, 3.8) is 0 Å². The van der Waals surface area contributed by atoms with Crippen LogP contribution in [-0.2, 0) is 23.1 Å². The maximum atomic E-state index is 12.5. The smallest absolute Gasteiger partial charge is 0.162 e. The summed E-state index contributed by atoms with van der Waals surface area (Å²) in [5, 5.41) is 0. The molecule has 0 saturated heterocycles. The van der Waals surface area contributed by atoms with Gasteiger partial charge in [-0.05, 0) is 48.3 Å². The van der Waals surface area contributed by atoms with Gasteiger partial charge in [-0.2, -0.15) is 0 Å². The van der Waals surface area contributed by atoms with Gasteiger partial charge in [0.1, 0.15) is 11.5 Å². The van der Waals surface area contributed by atoms with Crippen molar-refractivity contribution in [1.82, 2.24) is 0 Å². The number of Topliss-reactive ketones (excluding diaryl/α,β-unsaturated/α-hetero) is 1. The molecule has 0 amide bonds. The zero-order chi connectivity index (χ0) is 20.0. The quantitative estimate of drug-likeness (QED) is 0.434. The third kappa shape index (κ3) is 5.70. The summed E-state index contributed by atoms with van der Waals surface area (Å²) in [5.41, 5.74) is 4.81. The number of rotatable bonds is 9. The van der Waals surface area contributed by atoms with Gasteiger partial charge in [0, 0.05) is 18.4 Å². The minimum absolute atomic E-state index is 0.0930. The van der Waals surface area contributed by atoms with E-state index in [9.17, 15) is 4.79 Å². The molecule has 2 nitrogen and oxygen atoms in total. The Morgan fingerprint density at radius 3 is 2.37 bits per heavy atom. The number of fused-ring (bicyclic) bond motifs is 1. The first-order chi connectivity index (χ1) is 12.8. The fraction of sp³-hybridized carbons (Fsp3) is 0.640. The molecule has 2 heteroatoms. The Balaban J connectivity index is 2.30. The summed E-state index contributed by atoms with van der Waals surface area (Å²) in [6.07, 6.45) is 9.65. The summed E-state index contributed by atoms with van der Waals surface area (Å²) in [6.45, 7) is 13.0. The van der Waals surface area contributed by atoms with E-state index in [1.54, 1.807) is 0 Å². The highest BCUT2D eigenvalue weighted by atomic mass is 16.5. The minimum Gasteiger partial charge on any atom is -0.461 e. The van der Waals surface area contributed by atoms with E-state index >= 15 is 0 Å². The lowest BCUT2D eigenvalue weighted by atomic mass is 9.82. The maximum Gasteiger partial charge on any atom is 0.162 e. The molecule has 0 bridgehead atoms. The third-order valence-corrected chi connectivity index (χ3v) is 5.52. The van der Waals surface area contributed by atoms with Crippen molar-refractivity contribution in [2.75, 3.05) is 0 Å². The summed E-state index contributed by atoms with van der Waals surface area (Å²) in [7, 11) is 0. The van der Waals surface area contributed by atoms with E-state index in [1.165, 1.54) is 48.8 Å². The molecule has 0 unspecified atom stereocenters. The summed E-state index contributed by atoms with van der Waals surface area (Å²) in [5.74, 6) is 2.06. The van der Waals surface area contributed by atoms with Gasteiger partial charge in [0.05, 0.1) is 0 Å². The van der Waals surface area contributed by atoms with E-state index in [0.717, 1.165) is 29.9 Å². The molecular formula is C25H38O2. The predicted octanol–water partition coefficient (Wildman–Crippen LogP) is 7.08. The van der Waals surface area contributed by atoms with Gasteiger partial charge in [0.2, 0.25) is 0 Å². The standard InChI is InChI=1S/C25H38O2/c1-7-9-10-11-12-14-19-15-21(25(4,5)6)16-20-17-22(23(26)13-8-2)18(3)27-24(19)20/h15-16H,7-14,17H2,1-6H3. The Morgan fingerprint density at radius 2 is 1.74 bits per heavy atom. The summed E-state index contributed by atoms with van der Waals surface area (Å²) >= 11 is 0. The van der Waals surface area contributed by atoms with Crippen molar-refractivity contribution in [1.29, 1.82) is 0 Å². The molecule has 1 aliphatic rings. The second kappa shape index (κ2) is 9.57. The van der Waals surface area contributed by atoms with Gasteiger partial charge in [0.15, 0.2) is 5.78 Å². The number of allylic oxidation sites excluding steroid dienone is 2. The van der Waals surface area contributed by atoms with Crippen LogP contribution in [0.1, 0.15) is 103 Å². The third-order valence-electron chi connectivity index (χ3n) is 5.52. The molecule has 0 atom stereocenters. The number of benzene rings is 1. The summed E-state index contributed by atoms with van der Waals surface area (Å²) in [4.78, 5) is 12.5. The Bertz CT molecular complexity index is 689. The van der Waals surface area contributed by atoms with Crippen molar-refractivity contribution in [2.24, 2.45) is 0 Å². The van der Waals surface area contributed by atoms with Gasteiger partial charge < -0.3 is 4.74 Å². The van der Waals surface area contributed by atoms with Crippen molar-refractivity contribution >= 4 is 5.78 Å². The Hall–Kier alpha value is -1.57.